The lowest BCUT2D eigenvalue weighted by molar-refractivity contribution is -0.0526. The number of carbonyl (C=O) groups is 3. The molecule has 0 bridgehead atoms. The van der Waals surface area contributed by atoms with E-state index in [0.717, 1.165) is 12.8 Å². The van der Waals surface area contributed by atoms with Gasteiger partial charge in [-0.2, -0.15) is 0 Å². The molecule has 0 radical (unpaired) electrons. The van der Waals surface area contributed by atoms with E-state index in [2.05, 4.69) is 22.2 Å². The summed E-state index contributed by atoms with van der Waals surface area (Å²) in [5.74, 6) is -0.828. The Balaban J connectivity index is 2.15. The molecule has 180 valence electrons. The predicted octanol–water partition coefficient (Wildman–Crippen LogP) is 2.78. The number of benzene rings is 1. The quantitative estimate of drug-likeness (QED) is 0.362. The number of esters is 1. The second-order valence-electron chi connectivity index (χ2n) is 7.95. The van der Waals surface area contributed by atoms with E-state index < -0.39 is 18.2 Å². The normalized spacial score (nSPS) is 13.5. The molecule has 1 fully saturated rings. The van der Waals surface area contributed by atoms with Crippen LogP contribution in [-0.2, 0) is 4.74 Å². The van der Waals surface area contributed by atoms with Gasteiger partial charge in [-0.15, -0.1) is 0 Å². The lowest BCUT2D eigenvalue weighted by atomic mass is 9.94. The molecule has 1 heterocycles. The maximum absolute atomic E-state index is 12.9. The molecule has 1 atom stereocenters. The molecule has 0 saturated heterocycles. The fourth-order valence-corrected chi connectivity index (χ4v) is 3.42. The molecule has 2 amide bonds. The smallest absolute Gasteiger partial charge is 0.359 e. The van der Waals surface area contributed by atoms with Gasteiger partial charge in [0.15, 0.2) is 12.0 Å². The van der Waals surface area contributed by atoms with Crippen molar-refractivity contribution in [2.45, 2.75) is 33.0 Å². The van der Waals surface area contributed by atoms with E-state index in [9.17, 15) is 19.5 Å². The summed E-state index contributed by atoms with van der Waals surface area (Å²) in [7, 11) is 1.48. The van der Waals surface area contributed by atoms with Crippen LogP contribution < -0.4 is 15.4 Å². The second kappa shape index (κ2) is 10.9. The zero-order valence-electron chi connectivity index (χ0n) is 19.5. The predicted molar refractivity (Wildman–Crippen MR) is 126 cm³/mol. The van der Waals surface area contributed by atoms with Gasteiger partial charge in [0, 0.05) is 35.3 Å². The highest BCUT2D eigenvalue weighted by Crippen LogP contribution is 2.34. The molecule has 1 aliphatic rings. The van der Waals surface area contributed by atoms with Gasteiger partial charge in [0.05, 0.1) is 7.11 Å². The van der Waals surface area contributed by atoms with Crippen molar-refractivity contribution in [3.05, 3.63) is 53.4 Å². The summed E-state index contributed by atoms with van der Waals surface area (Å²) in [5.41, 5.74) is 1.26. The highest BCUT2D eigenvalue weighted by molar-refractivity contribution is 6.06. The molecule has 9 nitrogen and oxygen atoms in total. The second-order valence-corrected chi connectivity index (χ2v) is 7.95. The molecule has 0 aliphatic heterocycles. The number of amides is 2. The number of aliphatic hydroxyl groups is 1. The van der Waals surface area contributed by atoms with Crippen LogP contribution in [0.15, 0.2) is 30.8 Å². The van der Waals surface area contributed by atoms with Crippen LogP contribution in [-0.4, -0.2) is 54.4 Å². The molecule has 1 saturated carbocycles. The molecule has 0 spiro atoms. The van der Waals surface area contributed by atoms with Gasteiger partial charge in [0.1, 0.15) is 11.4 Å². The molecule has 34 heavy (non-hydrogen) atoms. The van der Waals surface area contributed by atoms with Crippen molar-refractivity contribution in [3.63, 3.8) is 0 Å². The van der Waals surface area contributed by atoms with E-state index in [0.29, 0.717) is 35.9 Å². The molecular weight excluding hydrogens is 438 g/mol. The van der Waals surface area contributed by atoms with E-state index >= 15 is 0 Å². The number of nitrogens with zero attached hydrogens (tertiary/aromatic N) is 1. The molecular formula is C25H29N3O6. The van der Waals surface area contributed by atoms with Gasteiger partial charge in [-0.05, 0) is 56.9 Å². The van der Waals surface area contributed by atoms with Crippen LogP contribution in [0.4, 0.5) is 0 Å². The number of aliphatic hydroxyl groups excluding tert-OH is 1. The molecule has 3 rings (SSSR count). The number of rotatable bonds is 10. The number of hydrogen-bond donors (Lipinski definition) is 3. The maximum Gasteiger partial charge on any atom is 0.359 e. The lowest BCUT2D eigenvalue weighted by Gasteiger charge is -2.17. The zero-order valence-corrected chi connectivity index (χ0v) is 19.5. The van der Waals surface area contributed by atoms with Crippen molar-refractivity contribution < 1.29 is 29.0 Å². The maximum atomic E-state index is 12.9. The van der Waals surface area contributed by atoms with Crippen LogP contribution in [0, 0.1) is 5.92 Å². The van der Waals surface area contributed by atoms with Crippen LogP contribution in [0.5, 0.6) is 5.75 Å². The minimum atomic E-state index is -1.39. The van der Waals surface area contributed by atoms with Gasteiger partial charge in [0.2, 0.25) is 0 Å². The number of carbonyl (C=O) groups excluding carboxylic acids is 3. The van der Waals surface area contributed by atoms with Crippen molar-refractivity contribution in [1.82, 2.24) is 15.6 Å². The third-order valence-corrected chi connectivity index (χ3v) is 5.31. The Morgan fingerprint density at radius 2 is 1.94 bits per heavy atom. The Bertz CT molecular complexity index is 1110. The van der Waals surface area contributed by atoms with Gasteiger partial charge in [0.25, 0.3) is 11.8 Å². The van der Waals surface area contributed by atoms with E-state index in [1.54, 1.807) is 25.1 Å². The Labute approximate surface area is 198 Å². The van der Waals surface area contributed by atoms with E-state index in [4.69, 9.17) is 9.47 Å². The van der Waals surface area contributed by atoms with Gasteiger partial charge >= 0.3 is 5.97 Å². The third-order valence-electron chi connectivity index (χ3n) is 5.31. The third kappa shape index (κ3) is 5.79. The summed E-state index contributed by atoms with van der Waals surface area (Å²) in [6.45, 7) is 7.77. The molecule has 1 aliphatic carbocycles. The summed E-state index contributed by atoms with van der Waals surface area (Å²) >= 11 is 0. The molecule has 9 heteroatoms. The van der Waals surface area contributed by atoms with Crippen molar-refractivity contribution in [2.24, 2.45) is 5.92 Å². The van der Waals surface area contributed by atoms with Gasteiger partial charge in [-0.25, -0.2) is 9.78 Å². The lowest BCUT2D eigenvalue weighted by Crippen LogP contribution is -2.27. The summed E-state index contributed by atoms with van der Waals surface area (Å²) in [5, 5.41) is 15.2. The van der Waals surface area contributed by atoms with Gasteiger partial charge < -0.3 is 25.2 Å². The number of hydrogen-bond acceptors (Lipinski definition) is 7. The average molecular weight is 468 g/mol. The monoisotopic (exact) mass is 467 g/mol. The Hall–Kier alpha value is -3.72. The summed E-state index contributed by atoms with van der Waals surface area (Å²) in [6.07, 6.45) is 2.31. The SMILES string of the molecule is C=Cc1cc(C(=O)NCC)c(-c2ccc(C(=O)NCC3CC3)nc2C(=O)OC(C)O)cc1OC. The Kier molecular flexibility index (Phi) is 8.01. The van der Waals surface area contributed by atoms with E-state index in [1.807, 2.05) is 0 Å². The Morgan fingerprint density at radius 3 is 2.53 bits per heavy atom. The minimum absolute atomic E-state index is 0.0242. The molecule has 3 N–H and O–H groups in total. The highest BCUT2D eigenvalue weighted by atomic mass is 16.6. The van der Waals surface area contributed by atoms with Gasteiger partial charge in [-0.3, -0.25) is 9.59 Å². The summed E-state index contributed by atoms with van der Waals surface area (Å²) in [4.78, 5) is 42.6. The zero-order chi connectivity index (χ0) is 24.8. The fourth-order valence-electron chi connectivity index (χ4n) is 3.42. The first-order chi connectivity index (χ1) is 16.3. The summed E-state index contributed by atoms with van der Waals surface area (Å²) < 4.78 is 10.4. The van der Waals surface area contributed by atoms with Crippen LogP contribution in [0.1, 0.15) is 63.6 Å². The molecule has 2 aromatic rings. The largest absolute Gasteiger partial charge is 0.496 e. The van der Waals surface area contributed by atoms with Crippen LogP contribution in [0.3, 0.4) is 0 Å². The Morgan fingerprint density at radius 1 is 1.21 bits per heavy atom. The number of methoxy groups -OCH3 is 1. The van der Waals surface area contributed by atoms with Crippen LogP contribution >= 0.6 is 0 Å². The number of nitrogens with one attached hydrogen (secondary N) is 2. The van der Waals surface area contributed by atoms with E-state index in [-0.39, 0.29) is 28.4 Å². The van der Waals surface area contributed by atoms with Crippen molar-refractivity contribution in [1.29, 1.82) is 0 Å². The standard InChI is InChI=1S/C25H29N3O6/c1-5-16-11-19(23(30)26-6-2)18(12-21(16)33-4)17-9-10-20(24(31)27-13-15-7-8-15)28-22(17)25(32)34-14(3)29/h5,9-12,14-15,29H,1,6-8,13H2,2-4H3,(H,26,30)(H,27,31). The average Bonchev–Trinajstić information content (AvgIpc) is 3.65. The highest BCUT2D eigenvalue weighted by Gasteiger charge is 2.26. The number of aromatic nitrogens is 1. The van der Waals surface area contributed by atoms with Crippen molar-refractivity contribution in [3.8, 4) is 16.9 Å². The van der Waals surface area contributed by atoms with Crippen LogP contribution in [0.2, 0.25) is 0 Å². The van der Waals surface area contributed by atoms with Gasteiger partial charge in [-0.1, -0.05) is 12.7 Å². The van der Waals surface area contributed by atoms with Crippen LogP contribution in [0.25, 0.3) is 17.2 Å². The molecule has 1 aromatic carbocycles. The fraction of sp³-hybridized carbons (Fsp3) is 0.360. The molecule has 1 aromatic heterocycles. The minimum Gasteiger partial charge on any atom is -0.496 e. The summed E-state index contributed by atoms with van der Waals surface area (Å²) in [6, 6.07) is 6.21. The first kappa shape index (κ1) is 24.9. The van der Waals surface area contributed by atoms with E-state index in [1.165, 1.54) is 26.2 Å². The van der Waals surface area contributed by atoms with Crippen molar-refractivity contribution >= 4 is 23.9 Å². The first-order valence-corrected chi connectivity index (χ1v) is 11.1. The topological polar surface area (TPSA) is 127 Å². The number of ether oxygens (including phenoxy) is 2. The molecule has 1 unspecified atom stereocenters. The first-order valence-electron chi connectivity index (χ1n) is 11.1. The number of pyridine rings is 1. The van der Waals surface area contributed by atoms with Crippen molar-refractivity contribution in [2.75, 3.05) is 20.2 Å².